The number of cyclic esters (lactones) is 2. The second-order valence-electron chi connectivity index (χ2n) is 3.89. The fourth-order valence-electron chi connectivity index (χ4n) is 1.50. The van der Waals surface area contributed by atoms with Crippen LogP contribution in [0.25, 0.3) is 0 Å². The molecule has 1 heterocycles. The zero-order chi connectivity index (χ0) is 15.1. The Kier molecular flexibility index (Phi) is 5.56. The van der Waals surface area contributed by atoms with E-state index in [2.05, 4.69) is 0 Å². The maximum absolute atomic E-state index is 11.5. The molecule has 10 nitrogen and oxygen atoms in total. The Balaban J connectivity index is 2.37. The number of esters is 2. The van der Waals surface area contributed by atoms with E-state index in [4.69, 9.17) is 19.7 Å². The van der Waals surface area contributed by atoms with Crippen LogP contribution in [0.2, 0.25) is 0 Å². The van der Waals surface area contributed by atoms with Gasteiger partial charge in [-0.15, -0.1) is 0 Å². The molecule has 0 aromatic rings. The van der Waals surface area contributed by atoms with Gasteiger partial charge in [0.2, 0.25) is 12.2 Å². The van der Waals surface area contributed by atoms with Gasteiger partial charge in [-0.2, -0.15) is 0 Å². The molecule has 2 atom stereocenters. The number of carboxylic acid groups (broad SMARTS) is 2. The van der Waals surface area contributed by atoms with Crippen LogP contribution >= 0.6 is 0 Å². The van der Waals surface area contributed by atoms with Crippen molar-refractivity contribution in [3.05, 3.63) is 0 Å². The molecular weight excluding hydrogens is 276 g/mol. The molecule has 2 unspecified atom stereocenters. The minimum absolute atomic E-state index is 0.0308. The van der Waals surface area contributed by atoms with Crippen LogP contribution in [0.5, 0.6) is 0 Å². The fraction of sp³-hybridized carbons (Fsp3) is 0.600. The van der Waals surface area contributed by atoms with Crippen molar-refractivity contribution in [3.8, 4) is 0 Å². The molecule has 0 radical (unpaired) electrons. The van der Waals surface area contributed by atoms with Crippen molar-refractivity contribution in [1.29, 1.82) is 0 Å². The average molecular weight is 290 g/mol. The van der Waals surface area contributed by atoms with Gasteiger partial charge in [0.05, 0.1) is 0 Å². The topological polar surface area (TPSA) is 151 Å². The van der Waals surface area contributed by atoms with Crippen molar-refractivity contribution >= 4 is 24.1 Å². The standard InChI is InChI=1S/C10H14N2O8/c13-7-5(1-3-11-9(15)16)19-8(14)6(20-7)2-4-12-10(17)18/h5-6,11-12H,1-4H2,(H,15,16)(H,17,18). The van der Waals surface area contributed by atoms with Crippen molar-refractivity contribution in [1.82, 2.24) is 10.6 Å². The van der Waals surface area contributed by atoms with E-state index in [0.717, 1.165) is 0 Å². The molecule has 0 saturated carbocycles. The third kappa shape index (κ3) is 5.00. The first-order chi connectivity index (χ1) is 9.40. The van der Waals surface area contributed by atoms with Gasteiger partial charge in [0.15, 0.2) is 0 Å². The molecule has 1 aliphatic rings. The van der Waals surface area contributed by atoms with Gasteiger partial charge in [-0.25, -0.2) is 19.2 Å². The molecule has 0 bridgehead atoms. The summed E-state index contributed by atoms with van der Waals surface area (Å²) in [4.78, 5) is 43.5. The number of carbonyl (C=O) groups excluding carboxylic acids is 2. The Morgan fingerprint density at radius 2 is 1.25 bits per heavy atom. The van der Waals surface area contributed by atoms with E-state index < -0.39 is 36.3 Å². The highest BCUT2D eigenvalue weighted by atomic mass is 16.6. The van der Waals surface area contributed by atoms with E-state index in [0.29, 0.717) is 0 Å². The molecule has 0 aromatic carbocycles. The monoisotopic (exact) mass is 290 g/mol. The van der Waals surface area contributed by atoms with Crippen LogP contribution in [0.1, 0.15) is 12.8 Å². The summed E-state index contributed by atoms with van der Waals surface area (Å²) in [5, 5.41) is 20.8. The molecule has 112 valence electrons. The molecule has 20 heavy (non-hydrogen) atoms. The molecule has 2 amide bonds. The van der Waals surface area contributed by atoms with Crippen LogP contribution in [0.3, 0.4) is 0 Å². The summed E-state index contributed by atoms with van der Waals surface area (Å²) < 4.78 is 9.66. The maximum atomic E-state index is 11.5. The molecule has 0 spiro atoms. The number of amides is 2. The Morgan fingerprint density at radius 3 is 1.55 bits per heavy atom. The highest BCUT2D eigenvalue weighted by Crippen LogP contribution is 2.15. The molecule has 1 aliphatic heterocycles. The molecule has 0 aliphatic carbocycles. The Bertz CT molecular complexity index is 372. The number of rotatable bonds is 6. The third-order valence-electron chi connectivity index (χ3n) is 2.41. The molecule has 1 rings (SSSR count). The molecule has 0 aromatic heterocycles. The normalized spacial score (nSPS) is 21.6. The molecule has 1 saturated heterocycles. The number of hydrogen-bond donors (Lipinski definition) is 4. The quantitative estimate of drug-likeness (QED) is 0.461. The van der Waals surface area contributed by atoms with Crippen LogP contribution < -0.4 is 10.6 Å². The van der Waals surface area contributed by atoms with Gasteiger partial charge < -0.3 is 30.3 Å². The SMILES string of the molecule is O=C(O)NCCC1OC(=O)C(CCNC(=O)O)OC1=O. The summed E-state index contributed by atoms with van der Waals surface area (Å²) in [7, 11) is 0. The Morgan fingerprint density at radius 1 is 0.900 bits per heavy atom. The van der Waals surface area contributed by atoms with Crippen LogP contribution in [0, 0.1) is 0 Å². The van der Waals surface area contributed by atoms with E-state index in [9.17, 15) is 19.2 Å². The van der Waals surface area contributed by atoms with Crippen LogP contribution in [-0.2, 0) is 19.1 Å². The number of carbonyl (C=O) groups is 4. The van der Waals surface area contributed by atoms with E-state index in [1.54, 1.807) is 0 Å². The van der Waals surface area contributed by atoms with Crippen molar-refractivity contribution in [3.63, 3.8) is 0 Å². The summed E-state index contributed by atoms with van der Waals surface area (Å²) in [6, 6.07) is 0. The van der Waals surface area contributed by atoms with Crippen LogP contribution in [0.15, 0.2) is 0 Å². The lowest BCUT2D eigenvalue weighted by atomic mass is 10.2. The van der Waals surface area contributed by atoms with Gasteiger partial charge in [-0.3, -0.25) is 0 Å². The number of hydrogen-bond acceptors (Lipinski definition) is 6. The zero-order valence-corrected chi connectivity index (χ0v) is 10.3. The van der Waals surface area contributed by atoms with Crippen molar-refractivity contribution in [2.75, 3.05) is 13.1 Å². The van der Waals surface area contributed by atoms with Gasteiger partial charge in [-0.1, -0.05) is 0 Å². The predicted molar refractivity (Wildman–Crippen MR) is 61.0 cm³/mol. The van der Waals surface area contributed by atoms with E-state index in [1.807, 2.05) is 10.6 Å². The first-order valence-electron chi connectivity index (χ1n) is 5.74. The lowest BCUT2D eigenvalue weighted by Crippen LogP contribution is -2.46. The summed E-state index contributed by atoms with van der Waals surface area (Å²) in [5.41, 5.74) is 0. The van der Waals surface area contributed by atoms with Gasteiger partial charge in [0.1, 0.15) is 0 Å². The lowest BCUT2D eigenvalue weighted by molar-refractivity contribution is -0.195. The van der Waals surface area contributed by atoms with Gasteiger partial charge in [0.25, 0.3) is 0 Å². The number of ether oxygens (including phenoxy) is 2. The predicted octanol–water partition coefficient (Wildman–Crippen LogP) is -0.861. The molecule has 1 fully saturated rings. The lowest BCUT2D eigenvalue weighted by Gasteiger charge is -2.27. The molecule has 4 N–H and O–H groups in total. The smallest absolute Gasteiger partial charge is 0.404 e. The minimum Gasteiger partial charge on any atom is -0.465 e. The second kappa shape index (κ2) is 7.16. The van der Waals surface area contributed by atoms with Gasteiger partial charge in [-0.05, 0) is 0 Å². The summed E-state index contributed by atoms with van der Waals surface area (Å²) in [6.45, 7) is -0.124. The maximum Gasteiger partial charge on any atom is 0.404 e. The van der Waals surface area contributed by atoms with Gasteiger partial charge in [0, 0.05) is 25.9 Å². The van der Waals surface area contributed by atoms with Crippen LogP contribution in [0.4, 0.5) is 9.59 Å². The van der Waals surface area contributed by atoms with Crippen molar-refractivity contribution in [2.24, 2.45) is 0 Å². The highest BCUT2D eigenvalue weighted by molar-refractivity contribution is 5.87. The first kappa shape index (κ1) is 15.5. The number of nitrogens with one attached hydrogen (secondary N) is 2. The zero-order valence-electron chi connectivity index (χ0n) is 10.3. The fourth-order valence-corrected chi connectivity index (χ4v) is 1.50. The van der Waals surface area contributed by atoms with E-state index >= 15 is 0 Å². The summed E-state index contributed by atoms with van der Waals surface area (Å²) in [6.07, 6.45) is -4.87. The van der Waals surface area contributed by atoms with E-state index in [1.165, 1.54) is 0 Å². The molecular formula is C10H14N2O8. The summed E-state index contributed by atoms with van der Waals surface area (Å²) in [5.74, 6) is -1.56. The largest absolute Gasteiger partial charge is 0.465 e. The van der Waals surface area contributed by atoms with Gasteiger partial charge >= 0.3 is 24.1 Å². The average Bonchev–Trinajstić information content (AvgIpc) is 2.33. The van der Waals surface area contributed by atoms with Crippen molar-refractivity contribution in [2.45, 2.75) is 25.0 Å². The molecule has 10 heteroatoms. The minimum atomic E-state index is -1.25. The Hall–Kier alpha value is -2.52. The highest BCUT2D eigenvalue weighted by Gasteiger charge is 2.37. The van der Waals surface area contributed by atoms with Crippen molar-refractivity contribution < 1.29 is 38.9 Å². The first-order valence-corrected chi connectivity index (χ1v) is 5.74. The Labute approximate surface area is 113 Å². The van der Waals surface area contributed by atoms with E-state index in [-0.39, 0.29) is 25.9 Å². The third-order valence-corrected chi connectivity index (χ3v) is 2.41. The second-order valence-corrected chi connectivity index (χ2v) is 3.89. The summed E-state index contributed by atoms with van der Waals surface area (Å²) >= 11 is 0. The van der Waals surface area contributed by atoms with Crippen LogP contribution in [-0.4, -0.2) is 59.6 Å².